The molecule has 0 aliphatic carbocycles. The zero-order chi connectivity index (χ0) is 21.7. The van der Waals surface area contributed by atoms with Gasteiger partial charge < -0.3 is 25.4 Å². The number of alkyl halides is 1. The second-order valence-electron chi connectivity index (χ2n) is 5.75. The fraction of sp³-hybridized carbons (Fsp3) is 0.643. The van der Waals surface area contributed by atoms with Gasteiger partial charge in [-0.15, -0.1) is 0 Å². The van der Waals surface area contributed by atoms with Crippen LogP contribution in [0.5, 0.6) is 0 Å². The molecule has 2 heterocycles. The van der Waals surface area contributed by atoms with Gasteiger partial charge in [0.15, 0.2) is 12.8 Å². The van der Waals surface area contributed by atoms with Crippen LogP contribution in [-0.4, -0.2) is 56.4 Å². The Morgan fingerprint density at radius 3 is 2.84 bits per heavy atom. The molecular weight excluding hydrogens is 341 g/mol. The summed E-state index contributed by atoms with van der Waals surface area (Å²) in [6.07, 6.45) is -7.66. The number of aromatic nitrogens is 2. The summed E-state index contributed by atoms with van der Waals surface area (Å²) in [5.74, 6) is -5.80. The van der Waals surface area contributed by atoms with E-state index < -0.39 is 60.0 Å². The van der Waals surface area contributed by atoms with E-state index in [1.54, 1.807) is 4.98 Å². The van der Waals surface area contributed by atoms with Gasteiger partial charge in [0, 0.05) is 12.3 Å². The van der Waals surface area contributed by atoms with E-state index in [9.17, 15) is 24.6 Å². The number of rotatable bonds is 5. The molecule has 1 fully saturated rings. The molecule has 1 saturated heterocycles. The van der Waals surface area contributed by atoms with Crippen LogP contribution in [0.25, 0.3) is 0 Å². The van der Waals surface area contributed by atoms with Crippen molar-refractivity contribution in [3.8, 4) is 0 Å². The van der Waals surface area contributed by atoms with Gasteiger partial charge in [0.1, 0.15) is 18.2 Å². The third kappa shape index (κ3) is 3.79. The first-order valence-electron chi connectivity index (χ1n) is 8.73. The number of aliphatic hydroxyl groups excluding tert-OH is 2. The molecule has 1 aliphatic rings. The molecule has 0 aromatic carbocycles. The minimum Gasteiger partial charge on any atom is -0.458 e. The monoisotopic (exact) mass is 364 g/mol. The SMILES string of the molecule is [2H]C([2H])(OC(=O)[C@@H](N)C(C)C)[C@@]1(F)O[C@@]([2H])(n2ccc(=O)[nH]c2=O)[C@H](O)[C@@H]1O. The molecule has 1 aromatic heterocycles. The predicted octanol–water partition coefficient (Wildman–Crippen LogP) is -2.02. The molecule has 0 radical (unpaired) electrons. The van der Waals surface area contributed by atoms with Gasteiger partial charge >= 0.3 is 11.7 Å². The van der Waals surface area contributed by atoms with Crippen molar-refractivity contribution in [2.24, 2.45) is 11.7 Å². The number of H-pyrrole nitrogens is 1. The van der Waals surface area contributed by atoms with Crippen molar-refractivity contribution in [1.29, 1.82) is 0 Å². The average Bonchev–Trinajstić information content (AvgIpc) is 2.75. The number of ether oxygens (including phenoxy) is 2. The highest BCUT2D eigenvalue weighted by Gasteiger charge is 2.57. The summed E-state index contributed by atoms with van der Waals surface area (Å²) in [5, 5.41) is 20.1. The summed E-state index contributed by atoms with van der Waals surface area (Å²) in [6.45, 7) is -0.658. The molecule has 1 aromatic rings. The number of carbonyl (C=O) groups excluding carboxylic acids is 1. The van der Waals surface area contributed by atoms with Crippen molar-refractivity contribution in [3.63, 3.8) is 0 Å². The van der Waals surface area contributed by atoms with E-state index in [0.717, 1.165) is 6.07 Å². The van der Waals surface area contributed by atoms with Crippen LogP contribution in [0.4, 0.5) is 4.39 Å². The van der Waals surface area contributed by atoms with Crippen LogP contribution in [0.2, 0.25) is 0 Å². The first-order chi connectivity index (χ1) is 12.7. The highest BCUT2D eigenvalue weighted by Crippen LogP contribution is 2.37. The molecule has 0 spiro atoms. The standard InChI is InChI=1S/C14H20FN3O7/c1-6(2)8(16)12(22)24-5-14(15)10(21)9(20)11(25-14)18-4-3-7(19)17-13(18)23/h3-4,6,8-11,20-21H,5,16H2,1-2H3,(H,17,19,23)/t8-,9+,10-,11+,14+/m0/s1/i5D2,11D. The number of carbonyl (C=O) groups is 1. The third-order valence-electron chi connectivity index (χ3n) is 3.53. The number of halogens is 1. The molecule has 25 heavy (non-hydrogen) atoms. The summed E-state index contributed by atoms with van der Waals surface area (Å²) >= 11 is 0. The Hall–Kier alpha value is -2.08. The number of hydrogen-bond donors (Lipinski definition) is 4. The van der Waals surface area contributed by atoms with Gasteiger partial charge in [-0.05, 0) is 5.92 Å². The van der Waals surface area contributed by atoms with Crippen molar-refractivity contribution in [3.05, 3.63) is 33.1 Å². The first-order valence-corrected chi connectivity index (χ1v) is 7.23. The van der Waals surface area contributed by atoms with Crippen LogP contribution in [0.1, 0.15) is 24.2 Å². The topological polar surface area (TPSA) is 157 Å². The van der Waals surface area contributed by atoms with Gasteiger partial charge in [-0.1, -0.05) is 13.8 Å². The molecule has 5 atom stereocenters. The minimum atomic E-state index is -3.95. The molecule has 10 nitrogen and oxygen atoms in total. The molecule has 5 N–H and O–H groups in total. The molecule has 1 aliphatic heterocycles. The van der Waals surface area contributed by atoms with E-state index >= 15 is 4.39 Å². The number of aliphatic hydroxyl groups is 2. The van der Waals surface area contributed by atoms with E-state index in [1.165, 1.54) is 13.8 Å². The van der Waals surface area contributed by atoms with Crippen molar-refractivity contribution < 1.29 is 33.0 Å². The number of esters is 1. The van der Waals surface area contributed by atoms with Crippen LogP contribution in [0.3, 0.4) is 0 Å². The lowest BCUT2D eigenvalue weighted by molar-refractivity contribution is -0.217. The summed E-state index contributed by atoms with van der Waals surface area (Å²) in [6, 6.07) is -0.570. The Bertz CT molecular complexity index is 878. The quantitative estimate of drug-likeness (QED) is 0.436. The second-order valence-corrected chi connectivity index (χ2v) is 5.75. The van der Waals surface area contributed by atoms with Crippen LogP contribution in [-0.2, 0) is 14.3 Å². The molecule has 0 bridgehead atoms. The Balaban J connectivity index is 2.44. The van der Waals surface area contributed by atoms with Gasteiger partial charge in [0.05, 0.1) is 4.11 Å². The Morgan fingerprint density at radius 2 is 2.28 bits per heavy atom. The largest absolute Gasteiger partial charge is 0.458 e. The molecule has 2 rings (SSSR count). The van der Waals surface area contributed by atoms with Crippen molar-refractivity contribution in [2.75, 3.05) is 6.56 Å². The van der Waals surface area contributed by atoms with Crippen molar-refractivity contribution in [2.45, 2.75) is 44.2 Å². The smallest absolute Gasteiger partial charge is 0.330 e. The van der Waals surface area contributed by atoms with Crippen molar-refractivity contribution >= 4 is 5.97 Å². The Kier molecular flexibility index (Phi) is 4.28. The van der Waals surface area contributed by atoms with Crippen LogP contribution >= 0.6 is 0 Å². The summed E-state index contributed by atoms with van der Waals surface area (Å²) in [7, 11) is 0. The van der Waals surface area contributed by atoms with Gasteiger partial charge in [0.25, 0.3) is 11.4 Å². The summed E-state index contributed by atoms with van der Waals surface area (Å²) in [4.78, 5) is 36.7. The summed E-state index contributed by atoms with van der Waals surface area (Å²) in [5.41, 5.74) is 3.36. The van der Waals surface area contributed by atoms with E-state index in [1.807, 2.05) is 0 Å². The lowest BCUT2D eigenvalue weighted by Gasteiger charge is -2.24. The predicted molar refractivity (Wildman–Crippen MR) is 81.1 cm³/mol. The third-order valence-corrected chi connectivity index (χ3v) is 3.53. The number of nitrogens with zero attached hydrogens (tertiary/aromatic N) is 1. The van der Waals surface area contributed by atoms with Gasteiger partial charge in [-0.25, -0.2) is 9.18 Å². The highest BCUT2D eigenvalue weighted by molar-refractivity contribution is 5.75. The van der Waals surface area contributed by atoms with Crippen molar-refractivity contribution in [1.82, 2.24) is 9.55 Å². The molecule has 11 heteroatoms. The van der Waals surface area contributed by atoms with Gasteiger partial charge in [-0.2, -0.15) is 0 Å². The lowest BCUT2D eigenvalue weighted by Crippen LogP contribution is -2.46. The zero-order valence-corrected chi connectivity index (χ0v) is 13.3. The van der Waals surface area contributed by atoms with E-state index in [4.69, 9.17) is 9.85 Å². The number of nitrogens with one attached hydrogen (secondary N) is 1. The maximum atomic E-state index is 15.3. The normalized spacial score (nSPS) is 35.7. The van der Waals surface area contributed by atoms with Crippen LogP contribution < -0.4 is 17.0 Å². The Labute approximate surface area is 145 Å². The molecular formula is C14H20FN3O7. The average molecular weight is 364 g/mol. The fourth-order valence-electron chi connectivity index (χ4n) is 1.93. The number of hydrogen-bond acceptors (Lipinski definition) is 8. The van der Waals surface area contributed by atoms with Gasteiger partial charge in [-0.3, -0.25) is 19.1 Å². The number of nitrogens with two attached hydrogens (primary N) is 1. The van der Waals surface area contributed by atoms with E-state index in [0.29, 0.717) is 6.20 Å². The minimum absolute atomic E-state index is 0.237. The van der Waals surface area contributed by atoms with Crippen LogP contribution in [0.15, 0.2) is 21.9 Å². The fourth-order valence-corrected chi connectivity index (χ4v) is 1.93. The van der Waals surface area contributed by atoms with E-state index in [2.05, 4.69) is 9.47 Å². The zero-order valence-electron chi connectivity index (χ0n) is 16.3. The van der Waals surface area contributed by atoms with Gasteiger partial charge in [0.2, 0.25) is 0 Å². The lowest BCUT2D eigenvalue weighted by atomic mass is 10.1. The maximum absolute atomic E-state index is 15.3. The highest BCUT2D eigenvalue weighted by atomic mass is 19.2. The maximum Gasteiger partial charge on any atom is 0.330 e. The molecule has 0 unspecified atom stereocenters. The molecule has 140 valence electrons. The summed E-state index contributed by atoms with van der Waals surface area (Å²) < 4.78 is 48.1. The first kappa shape index (κ1) is 15.2. The molecule has 0 amide bonds. The number of aromatic amines is 1. The molecule has 0 saturated carbocycles. The Morgan fingerprint density at radius 1 is 1.64 bits per heavy atom. The van der Waals surface area contributed by atoms with Crippen LogP contribution in [0, 0.1) is 5.92 Å². The second kappa shape index (κ2) is 7.04. The van der Waals surface area contributed by atoms with E-state index in [-0.39, 0.29) is 4.57 Å².